The van der Waals surface area contributed by atoms with Crippen molar-refractivity contribution < 1.29 is 22.2 Å². The minimum atomic E-state index is -4.14. The van der Waals surface area contributed by atoms with Crippen LogP contribution in [0.5, 0.6) is 5.75 Å². The van der Waals surface area contributed by atoms with Crippen molar-refractivity contribution in [1.82, 2.24) is 5.01 Å². The molecular formula is C25H19ClN2O5S. The summed E-state index contributed by atoms with van der Waals surface area (Å²) in [4.78, 5) is 25.7. The van der Waals surface area contributed by atoms with E-state index in [2.05, 4.69) is 5.10 Å². The first-order chi connectivity index (χ1) is 16.2. The van der Waals surface area contributed by atoms with Crippen LogP contribution >= 0.6 is 11.6 Å². The van der Waals surface area contributed by atoms with Crippen LogP contribution < -0.4 is 4.18 Å². The lowest BCUT2D eigenvalue weighted by atomic mass is 10.1. The summed E-state index contributed by atoms with van der Waals surface area (Å²) in [6.45, 7) is 3.42. The summed E-state index contributed by atoms with van der Waals surface area (Å²) in [6, 6.07) is 18.9. The highest BCUT2D eigenvalue weighted by atomic mass is 35.5. The second kappa shape index (κ2) is 9.24. The van der Waals surface area contributed by atoms with Crippen LogP contribution in [0.2, 0.25) is 5.02 Å². The molecule has 0 saturated heterocycles. The number of halogens is 1. The summed E-state index contributed by atoms with van der Waals surface area (Å²) in [5.41, 5.74) is 1.87. The molecule has 0 N–H and O–H groups in total. The van der Waals surface area contributed by atoms with Crippen LogP contribution in [0.1, 0.15) is 28.4 Å². The molecule has 0 fully saturated rings. The highest BCUT2D eigenvalue weighted by Crippen LogP contribution is 2.30. The number of amides is 2. The number of nitrogens with zero attached hydrogens (tertiary/aromatic N) is 2. The number of hydrogen-bond donors (Lipinski definition) is 0. The van der Waals surface area contributed by atoms with Gasteiger partial charge in [-0.25, -0.2) is 0 Å². The van der Waals surface area contributed by atoms with Crippen LogP contribution in [-0.4, -0.2) is 31.0 Å². The Labute approximate surface area is 202 Å². The van der Waals surface area contributed by atoms with Gasteiger partial charge in [0.25, 0.3) is 11.8 Å². The maximum Gasteiger partial charge on any atom is 0.339 e. The lowest BCUT2D eigenvalue weighted by Crippen LogP contribution is -2.29. The van der Waals surface area contributed by atoms with E-state index in [1.807, 2.05) is 6.92 Å². The van der Waals surface area contributed by atoms with Gasteiger partial charge in [-0.3, -0.25) is 9.59 Å². The van der Waals surface area contributed by atoms with E-state index in [0.29, 0.717) is 16.3 Å². The molecule has 2 amide bonds. The lowest BCUT2D eigenvalue weighted by molar-refractivity contribution is -0.123. The van der Waals surface area contributed by atoms with E-state index in [9.17, 15) is 18.0 Å². The number of imide groups is 1. The molecule has 9 heteroatoms. The van der Waals surface area contributed by atoms with Gasteiger partial charge in [0.1, 0.15) is 10.6 Å². The van der Waals surface area contributed by atoms with Gasteiger partial charge in [-0.2, -0.15) is 18.5 Å². The molecule has 0 unspecified atom stereocenters. The first kappa shape index (κ1) is 23.4. The van der Waals surface area contributed by atoms with E-state index in [0.717, 1.165) is 10.6 Å². The lowest BCUT2D eigenvalue weighted by Gasteiger charge is -2.11. The molecule has 0 aliphatic carbocycles. The van der Waals surface area contributed by atoms with E-state index in [1.54, 1.807) is 49.4 Å². The normalized spacial score (nSPS) is 14.9. The predicted molar refractivity (Wildman–Crippen MR) is 129 cm³/mol. The predicted octanol–water partition coefficient (Wildman–Crippen LogP) is 4.86. The molecule has 4 rings (SSSR count). The number of aryl methyl sites for hydroxylation is 1. The monoisotopic (exact) mass is 494 g/mol. The van der Waals surface area contributed by atoms with Crippen LogP contribution in [0.25, 0.3) is 6.08 Å². The molecule has 1 aliphatic heterocycles. The van der Waals surface area contributed by atoms with Crippen LogP contribution in [0, 0.1) is 6.92 Å². The zero-order valence-corrected chi connectivity index (χ0v) is 19.8. The number of benzene rings is 3. The Morgan fingerprint density at radius 2 is 1.68 bits per heavy atom. The number of carbonyl (C=O) groups is 2. The largest absolute Gasteiger partial charge is 0.378 e. The molecule has 0 spiro atoms. The molecule has 1 heterocycles. The summed E-state index contributed by atoms with van der Waals surface area (Å²) in [6.07, 6.45) is 1.41. The number of carbonyl (C=O) groups excluding carboxylic acids is 2. The highest BCUT2D eigenvalue weighted by molar-refractivity contribution is 7.87. The quantitative estimate of drug-likeness (QED) is 0.287. The molecule has 172 valence electrons. The average Bonchev–Trinajstić information content (AvgIpc) is 3.09. The third-order valence-electron chi connectivity index (χ3n) is 5.06. The van der Waals surface area contributed by atoms with Gasteiger partial charge in [0, 0.05) is 16.1 Å². The molecule has 3 aromatic rings. The Morgan fingerprint density at radius 1 is 1.00 bits per heavy atom. The standard InChI is InChI=1S/C25H19ClN2O5S/c1-16-8-11-21(12-9-16)34(31,32)33-23-13-10-20(26)14-19(23)15-22-17(2)27-28(25(22)30)24(29)18-6-4-3-5-7-18/h3-15H,1-2H3/b22-15+. The summed E-state index contributed by atoms with van der Waals surface area (Å²) in [5, 5.41) is 5.19. The summed E-state index contributed by atoms with van der Waals surface area (Å²) in [5.74, 6) is -1.23. The fraction of sp³-hybridized carbons (Fsp3) is 0.0800. The summed E-state index contributed by atoms with van der Waals surface area (Å²) >= 11 is 6.13. The van der Waals surface area contributed by atoms with Crippen molar-refractivity contribution in [3.8, 4) is 5.75 Å². The average molecular weight is 495 g/mol. The second-order valence-electron chi connectivity index (χ2n) is 7.56. The van der Waals surface area contributed by atoms with Gasteiger partial charge in [-0.15, -0.1) is 0 Å². The van der Waals surface area contributed by atoms with E-state index in [1.165, 1.54) is 36.4 Å². The number of rotatable bonds is 5. The SMILES string of the molecule is CC1=NN(C(=O)c2ccccc2)C(=O)/C1=C/c1cc(Cl)ccc1OS(=O)(=O)c1ccc(C)cc1. The Kier molecular flexibility index (Phi) is 6.37. The van der Waals surface area contributed by atoms with Gasteiger partial charge < -0.3 is 4.18 Å². The molecule has 3 aromatic carbocycles. The molecule has 0 atom stereocenters. The van der Waals surface area contributed by atoms with E-state index in [4.69, 9.17) is 15.8 Å². The van der Waals surface area contributed by atoms with Gasteiger partial charge in [0.15, 0.2) is 0 Å². The number of hydrazone groups is 1. The van der Waals surface area contributed by atoms with Crippen molar-refractivity contribution in [1.29, 1.82) is 0 Å². The minimum absolute atomic E-state index is 0.0130. The van der Waals surface area contributed by atoms with Crippen molar-refractivity contribution in [3.05, 3.63) is 100 Å². The van der Waals surface area contributed by atoms with E-state index in [-0.39, 0.29) is 21.8 Å². The maximum atomic E-state index is 13.0. The smallest absolute Gasteiger partial charge is 0.339 e. The summed E-state index contributed by atoms with van der Waals surface area (Å²) in [7, 11) is -4.14. The molecule has 0 aromatic heterocycles. The number of hydrogen-bond acceptors (Lipinski definition) is 6. The zero-order chi connectivity index (χ0) is 24.5. The Bertz CT molecular complexity index is 1450. The Hall–Kier alpha value is -3.75. The van der Waals surface area contributed by atoms with E-state index >= 15 is 0 Å². The topological polar surface area (TPSA) is 93.1 Å². The molecule has 0 radical (unpaired) electrons. The van der Waals surface area contributed by atoms with Gasteiger partial charge in [0.2, 0.25) is 0 Å². The molecule has 34 heavy (non-hydrogen) atoms. The zero-order valence-electron chi connectivity index (χ0n) is 18.2. The van der Waals surface area contributed by atoms with Crippen molar-refractivity contribution in [3.63, 3.8) is 0 Å². The highest BCUT2D eigenvalue weighted by Gasteiger charge is 2.33. The Balaban J connectivity index is 1.68. The van der Waals surface area contributed by atoms with Gasteiger partial charge in [-0.1, -0.05) is 47.5 Å². The first-order valence-electron chi connectivity index (χ1n) is 10.2. The van der Waals surface area contributed by atoms with Gasteiger partial charge >= 0.3 is 10.1 Å². The summed E-state index contributed by atoms with van der Waals surface area (Å²) < 4.78 is 31.0. The van der Waals surface area contributed by atoms with Crippen LogP contribution in [0.4, 0.5) is 0 Å². The fourth-order valence-electron chi connectivity index (χ4n) is 3.26. The third-order valence-corrected chi connectivity index (χ3v) is 6.54. The van der Waals surface area contributed by atoms with Crippen molar-refractivity contribution in [2.75, 3.05) is 0 Å². The first-order valence-corrected chi connectivity index (χ1v) is 12.0. The van der Waals surface area contributed by atoms with Gasteiger partial charge in [0.05, 0.1) is 11.3 Å². The molecule has 1 aliphatic rings. The van der Waals surface area contributed by atoms with Crippen LogP contribution in [-0.2, 0) is 14.9 Å². The molecular weight excluding hydrogens is 476 g/mol. The maximum absolute atomic E-state index is 13.0. The molecule has 7 nitrogen and oxygen atoms in total. The van der Waals surface area contributed by atoms with E-state index < -0.39 is 21.9 Å². The molecule has 0 bridgehead atoms. The van der Waals surface area contributed by atoms with Crippen molar-refractivity contribution >= 4 is 45.3 Å². The van der Waals surface area contributed by atoms with Crippen LogP contribution in [0.3, 0.4) is 0 Å². The van der Waals surface area contributed by atoms with Crippen molar-refractivity contribution in [2.45, 2.75) is 18.7 Å². The second-order valence-corrected chi connectivity index (χ2v) is 9.55. The minimum Gasteiger partial charge on any atom is -0.378 e. The van der Waals surface area contributed by atoms with Gasteiger partial charge in [-0.05, 0) is 62.4 Å². The fourth-order valence-corrected chi connectivity index (χ4v) is 4.39. The third kappa shape index (κ3) is 4.78. The molecule has 0 saturated carbocycles. The van der Waals surface area contributed by atoms with Crippen molar-refractivity contribution in [2.24, 2.45) is 5.10 Å². The van der Waals surface area contributed by atoms with Crippen LogP contribution in [0.15, 0.2) is 88.4 Å². The Morgan fingerprint density at radius 3 is 2.35 bits per heavy atom.